The van der Waals surface area contributed by atoms with Crippen LogP contribution in [0.25, 0.3) is 0 Å². The summed E-state index contributed by atoms with van der Waals surface area (Å²) in [7, 11) is 0. The van der Waals surface area contributed by atoms with Crippen LogP contribution in [0.2, 0.25) is 10.0 Å². The van der Waals surface area contributed by atoms with Crippen LogP contribution >= 0.6 is 39.1 Å². The van der Waals surface area contributed by atoms with Crippen molar-refractivity contribution >= 4 is 44.9 Å². The normalized spacial score (nSPS) is 12.2. The Morgan fingerprint density at radius 1 is 0.889 bits per heavy atom. The minimum Gasteiger partial charge on any atom is -0.293 e. The molecule has 0 aliphatic rings. The lowest BCUT2D eigenvalue weighted by molar-refractivity contribution is 0.0991. The molecule has 0 saturated carbocycles. The molecule has 0 amide bonds. The quantitative estimate of drug-likeness (QED) is 0.545. The van der Waals surface area contributed by atoms with Crippen LogP contribution in [0.5, 0.6) is 0 Å². The standard InChI is InChI=1S/C14H9BrCl2O/c15-13(9-1-5-11(16)6-2-9)14(18)10-3-7-12(17)8-4-10/h1-8,13H. The molecule has 1 atom stereocenters. The molecule has 2 rings (SSSR count). The van der Waals surface area contributed by atoms with E-state index in [4.69, 9.17) is 23.2 Å². The maximum Gasteiger partial charge on any atom is 0.180 e. The molecule has 0 heterocycles. The van der Waals surface area contributed by atoms with Crippen LogP contribution in [0.15, 0.2) is 48.5 Å². The maximum atomic E-state index is 12.2. The van der Waals surface area contributed by atoms with Crippen molar-refractivity contribution in [2.75, 3.05) is 0 Å². The van der Waals surface area contributed by atoms with Crippen LogP contribution in [-0.4, -0.2) is 5.78 Å². The highest BCUT2D eigenvalue weighted by molar-refractivity contribution is 9.09. The molecule has 0 aliphatic heterocycles. The molecule has 4 heteroatoms. The Morgan fingerprint density at radius 3 is 1.83 bits per heavy atom. The van der Waals surface area contributed by atoms with Gasteiger partial charge in [0.25, 0.3) is 0 Å². The van der Waals surface area contributed by atoms with E-state index in [1.807, 2.05) is 12.1 Å². The van der Waals surface area contributed by atoms with Gasteiger partial charge in [0.2, 0.25) is 0 Å². The number of hydrogen-bond acceptors (Lipinski definition) is 1. The molecule has 0 aromatic heterocycles. The molecule has 0 spiro atoms. The van der Waals surface area contributed by atoms with Crippen molar-refractivity contribution in [2.24, 2.45) is 0 Å². The highest BCUT2D eigenvalue weighted by Crippen LogP contribution is 2.28. The molecule has 2 aromatic carbocycles. The fourth-order valence-electron chi connectivity index (χ4n) is 1.54. The smallest absolute Gasteiger partial charge is 0.180 e. The Hall–Kier alpha value is -0.830. The first kappa shape index (κ1) is 13.6. The molecule has 0 saturated heterocycles. The van der Waals surface area contributed by atoms with Gasteiger partial charge in [0.15, 0.2) is 5.78 Å². The summed E-state index contributed by atoms with van der Waals surface area (Å²) in [5.74, 6) is -0.00557. The second-order valence-corrected chi connectivity index (χ2v) is 5.57. The Bertz CT molecular complexity index is 549. The van der Waals surface area contributed by atoms with Gasteiger partial charge < -0.3 is 0 Å². The third kappa shape index (κ3) is 3.14. The lowest BCUT2D eigenvalue weighted by Crippen LogP contribution is -2.06. The predicted octanol–water partition coefficient (Wildman–Crippen LogP) is 5.31. The van der Waals surface area contributed by atoms with Crippen molar-refractivity contribution in [3.05, 3.63) is 69.7 Å². The molecule has 92 valence electrons. The average Bonchev–Trinajstić information content (AvgIpc) is 2.39. The van der Waals surface area contributed by atoms with Crippen molar-refractivity contribution < 1.29 is 4.79 Å². The zero-order valence-electron chi connectivity index (χ0n) is 9.24. The number of ketones is 1. The molecule has 1 nitrogen and oxygen atoms in total. The van der Waals surface area contributed by atoms with Crippen LogP contribution in [0.4, 0.5) is 0 Å². The van der Waals surface area contributed by atoms with Crippen LogP contribution in [-0.2, 0) is 0 Å². The van der Waals surface area contributed by atoms with Gasteiger partial charge in [-0.25, -0.2) is 0 Å². The first-order valence-corrected chi connectivity index (χ1v) is 6.94. The van der Waals surface area contributed by atoms with Gasteiger partial charge in [0.05, 0.1) is 0 Å². The second kappa shape index (κ2) is 5.87. The Balaban J connectivity index is 2.23. The Kier molecular flexibility index (Phi) is 4.44. The van der Waals surface area contributed by atoms with Crippen molar-refractivity contribution in [1.82, 2.24) is 0 Å². The molecular formula is C14H9BrCl2O. The lowest BCUT2D eigenvalue weighted by Gasteiger charge is -2.09. The molecule has 0 aliphatic carbocycles. The fourth-order valence-corrected chi connectivity index (χ4v) is 2.37. The summed E-state index contributed by atoms with van der Waals surface area (Å²) in [6, 6.07) is 14.0. The van der Waals surface area contributed by atoms with Gasteiger partial charge in [-0.05, 0) is 42.0 Å². The fraction of sp³-hybridized carbons (Fsp3) is 0.0714. The second-order valence-electron chi connectivity index (χ2n) is 3.79. The highest BCUT2D eigenvalue weighted by Gasteiger charge is 2.18. The average molecular weight is 344 g/mol. The van der Waals surface area contributed by atoms with Crippen LogP contribution in [0.1, 0.15) is 20.7 Å². The van der Waals surface area contributed by atoms with Gasteiger partial charge in [-0.1, -0.05) is 51.3 Å². The summed E-state index contributed by atoms with van der Waals surface area (Å²) in [5.41, 5.74) is 1.50. The number of carbonyl (C=O) groups excluding carboxylic acids is 1. The number of carbonyl (C=O) groups is 1. The van der Waals surface area contributed by atoms with Crippen LogP contribution in [0.3, 0.4) is 0 Å². The van der Waals surface area contributed by atoms with Gasteiger partial charge in [-0.15, -0.1) is 0 Å². The van der Waals surface area contributed by atoms with E-state index in [1.165, 1.54) is 0 Å². The topological polar surface area (TPSA) is 17.1 Å². The zero-order valence-corrected chi connectivity index (χ0v) is 12.3. The number of alkyl halides is 1. The Morgan fingerprint density at radius 2 is 1.33 bits per heavy atom. The molecule has 1 unspecified atom stereocenters. The summed E-state index contributed by atoms with van der Waals surface area (Å²) >= 11 is 15.0. The number of Topliss-reactive ketones (excluding diaryl/α,β-unsaturated/α-hetero) is 1. The van der Waals surface area contributed by atoms with Crippen LogP contribution < -0.4 is 0 Å². The van der Waals surface area contributed by atoms with E-state index in [1.54, 1.807) is 36.4 Å². The van der Waals surface area contributed by atoms with E-state index in [0.717, 1.165) is 5.56 Å². The van der Waals surface area contributed by atoms with Crippen LogP contribution in [0, 0.1) is 0 Å². The summed E-state index contributed by atoms with van der Waals surface area (Å²) < 4.78 is 0. The van der Waals surface area contributed by atoms with E-state index in [9.17, 15) is 4.79 Å². The van der Waals surface area contributed by atoms with Crippen molar-refractivity contribution in [3.63, 3.8) is 0 Å². The summed E-state index contributed by atoms with van der Waals surface area (Å²) in [6.07, 6.45) is 0. The van der Waals surface area contributed by atoms with E-state index in [0.29, 0.717) is 15.6 Å². The minimum absolute atomic E-state index is 0.00557. The lowest BCUT2D eigenvalue weighted by atomic mass is 10.0. The van der Waals surface area contributed by atoms with Crippen molar-refractivity contribution in [2.45, 2.75) is 4.83 Å². The molecule has 0 bridgehead atoms. The van der Waals surface area contributed by atoms with Gasteiger partial charge >= 0.3 is 0 Å². The highest BCUT2D eigenvalue weighted by atomic mass is 79.9. The first-order chi connectivity index (χ1) is 8.58. The number of hydrogen-bond donors (Lipinski definition) is 0. The molecule has 0 radical (unpaired) electrons. The number of rotatable bonds is 3. The number of benzene rings is 2. The third-order valence-corrected chi connectivity index (χ3v) is 3.97. The SMILES string of the molecule is O=C(c1ccc(Cl)cc1)C(Br)c1ccc(Cl)cc1. The Labute approximate surface area is 124 Å². The van der Waals surface area contributed by atoms with Gasteiger partial charge in [-0.3, -0.25) is 4.79 Å². The van der Waals surface area contributed by atoms with E-state index < -0.39 is 0 Å². The third-order valence-electron chi connectivity index (χ3n) is 2.52. The molecule has 0 N–H and O–H groups in total. The molecule has 2 aromatic rings. The first-order valence-electron chi connectivity index (χ1n) is 5.27. The van der Waals surface area contributed by atoms with Crippen molar-refractivity contribution in [1.29, 1.82) is 0 Å². The van der Waals surface area contributed by atoms with E-state index in [2.05, 4.69) is 15.9 Å². The number of halogens is 3. The van der Waals surface area contributed by atoms with E-state index >= 15 is 0 Å². The maximum absolute atomic E-state index is 12.2. The molecular weight excluding hydrogens is 335 g/mol. The summed E-state index contributed by atoms with van der Waals surface area (Å²) in [5, 5.41) is 1.27. The summed E-state index contributed by atoms with van der Waals surface area (Å²) in [4.78, 5) is 11.8. The van der Waals surface area contributed by atoms with Gasteiger partial charge in [0, 0.05) is 15.6 Å². The minimum atomic E-state index is -0.379. The van der Waals surface area contributed by atoms with Crippen molar-refractivity contribution in [3.8, 4) is 0 Å². The van der Waals surface area contributed by atoms with E-state index in [-0.39, 0.29) is 10.6 Å². The molecule has 18 heavy (non-hydrogen) atoms. The largest absolute Gasteiger partial charge is 0.293 e. The predicted molar refractivity (Wildman–Crippen MR) is 78.9 cm³/mol. The van der Waals surface area contributed by atoms with Gasteiger partial charge in [-0.2, -0.15) is 0 Å². The monoisotopic (exact) mass is 342 g/mol. The van der Waals surface area contributed by atoms with Gasteiger partial charge in [0.1, 0.15) is 4.83 Å². The zero-order chi connectivity index (χ0) is 13.1. The molecule has 0 fully saturated rings. The summed E-state index contributed by atoms with van der Waals surface area (Å²) in [6.45, 7) is 0.